The van der Waals surface area contributed by atoms with Gasteiger partial charge in [0, 0.05) is 6.42 Å². The van der Waals surface area contributed by atoms with Gasteiger partial charge < -0.3 is 9.47 Å². The van der Waals surface area contributed by atoms with Crippen LogP contribution in [-0.4, -0.2) is 36.3 Å². The maximum Gasteiger partial charge on any atom is 0.338 e. The summed E-state index contributed by atoms with van der Waals surface area (Å²) in [5.41, 5.74) is 3.09. The number of hydrazone groups is 1. The molecule has 31 heavy (non-hydrogen) atoms. The van der Waals surface area contributed by atoms with Crippen molar-refractivity contribution in [3.63, 3.8) is 0 Å². The first kappa shape index (κ1) is 20.3. The Morgan fingerprint density at radius 3 is 2.23 bits per heavy atom. The Bertz CT molecular complexity index is 1080. The fourth-order valence-corrected chi connectivity index (χ4v) is 3.48. The fraction of sp³-hybridized carbons (Fsp3) is 0.160. The minimum atomic E-state index is -0.540. The van der Waals surface area contributed by atoms with E-state index in [1.807, 2.05) is 60.7 Å². The van der Waals surface area contributed by atoms with Crippen LogP contribution < -0.4 is 4.74 Å². The van der Waals surface area contributed by atoms with Crippen LogP contribution in [0.3, 0.4) is 0 Å². The van der Waals surface area contributed by atoms with E-state index in [1.165, 1.54) is 5.01 Å². The van der Waals surface area contributed by atoms with E-state index in [2.05, 4.69) is 5.10 Å². The molecule has 3 aromatic rings. The van der Waals surface area contributed by atoms with E-state index in [0.717, 1.165) is 22.6 Å². The zero-order chi connectivity index (χ0) is 21.6. The van der Waals surface area contributed by atoms with Crippen LogP contribution in [0.4, 0.5) is 0 Å². The molecule has 1 aliphatic heterocycles. The minimum absolute atomic E-state index is 0.288. The van der Waals surface area contributed by atoms with Gasteiger partial charge in [0.2, 0.25) is 0 Å². The Morgan fingerprint density at radius 1 is 0.935 bits per heavy atom. The van der Waals surface area contributed by atoms with E-state index in [4.69, 9.17) is 9.47 Å². The molecule has 1 atom stereocenters. The number of nitrogens with zero attached hydrogens (tertiary/aromatic N) is 2. The van der Waals surface area contributed by atoms with Crippen molar-refractivity contribution in [2.45, 2.75) is 12.5 Å². The van der Waals surface area contributed by atoms with Gasteiger partial charge in [-0.1, -0.05) is 60.7 Å². The van der Waals surface area contributed by atoms with Crippen LogP contribution in [0.25, 0.3) is 0 Å². The molecule has 0 saturated carbocycles. The second-order valence-corrected chi connectivity index (χ2v) is 7.09. The van der Waals surface area contributed by atoms with Crippen molar-refractivity contribution in [3.8, 4) is 5.75 Å². The lowest BCUT2D eigenvalue weighted by atomic mass is 9.98. The number of benzene rings is 3. The molecule has 6 heteroatoms. The average Bonchev–Trinajstić information content (AvgIpc) is 3.29. The number of ether oxygens (including phenoxy) is 2. The molecule has 1 heterocycles. The highest BCUT2D eigenvalue weighted by atomic mass is 16.5. The Labute approximate surface area is 180 Å². The van der Waals surface area contributed by atoms with Crippen LogP contribution in [-0.2, 0) is 9.53 Å². The standard InChI is InChI=1S/C25H22N2O4/c1-30-21-14-12-19(13-15-21)23-16-22(18-8-4-2-5-9-18)26-27(23)24(28)17-31-25(29)20-10-6-3-7-11-20/h2-15,23H,16-17H2,1H3/t23-/m1/s1. The topological polar surface area (TPSA) is 68.2 Å². The predicted octanol–water partition coefficient (Wildman–Crippen LogP) is 4.23. The predicted molar refractivity (Wildman–Crippen MR) is 117 cm³/mol. The molecule has 4 rings (SSSR count). The maximum absolute atomic E-state index is 13.0. The molecule has 0 spiro atoms. The normalized spacial score (nSPS) is 15.3. The number of amides is 1. The number of rotatable bonds is 6. The zero-order valence-corrected chi connectivity index (χ0v) is 17.1. The third-order valence-corrected chi connectivity index (χ3v) is 5.11. The summed E-state index contributed by atoms with van der Waals surface area (Å²) in [5, 5.41) is 6.01. The molecule has 0 N–H and O–H groups in total. The van der Waals surface area contributed by atoms with Crippen molar-refractivity contribution in [1.29, 1.82) is 0 Å². The van der Waals surface area contributed by atoms with Crippen LogP contribution in [0.1, 0.15) is 33.9 Å². The number of hydrogen-bond acceptors (Lipinski definition) is 5. The molecule has 3 aromatic carbocycles. The number of hydrogen-bond donors (Lipinski definition) is 0. The van der Waals surface area contributed by atoms with E-state index < -0.39 is 5.97 Å². The molecular formula is C25H22N2O4. The monoisotopic (exact) mass is 414 g/mol. The van der Waals surface area contributed by atoms with E-state index in [-0.39, 0.29) is 18.6 Å². The molecule has 0 fully saturated rings. The van der Waals surface area contributed by atoms with Gasteiger partial charge >= 0.3 is 5.97 Å². The van der Waals surface area contributed by atoms with Gasteiger partial charge in [-0.15, -0.1) is 0 Å². The second-order valence-electron chi connectivity index (χ2n) is 7.09. The van der Waals surface area contributed by atoms with Crippen LogP contribution in [0.2, 0.25) is 0 Å². The van der Waals surface area contributed by atoms with Gasteiger partial charge in [0.1, 0.15) is 5.75 Å². The summed E-state index contributed by atoms with van der Waals surface area (Å²) in [6, 6.07) is 25.6. The molecule has 0 aliphatic carbocycles. The van der Waals surface area contributed by atoms with Crippen molar-refractivity contribution in [2.75, 3.05) is 13.7 Å². The number of carbonyl (C=O) groups excluding carboxylic acids is 2. The molecule has 0 aromatic heterocycles. The van der Waals surface area contributed by atoms with Crippen LogP contribution in [0, 0.1) is 0 Å². The highest BCUT2D eigenvalue weighted by Gasteiger charge is 2.33. The number of carbonyl (C=O) groups is 2. The molecule has 1 amide bonds. The first-order chi connectivity index (χ1) is 15.2. The summed E-state index contributed by atoms with van der Waals surface area (Å²) >= 11 is 0. The summed E-state index contributed by atoms with van der Waals surface area (Å²) in [7, 11) is 1.61. The first-order valence-electron chi connectivity index (χ1n) is 9.97. The van der Waals surface area contributed by atoms with Crippen LogP contribution in [0.15, 0.2) is 90.0 Å². The van der Waals surface area contributed by atoms with Crippen molar-refractivity contribution >= 4 is 17.6 Å². The third-order valence-electron chi connectivity index (χ3n) is 5.11. The summed E-state index contributed by atoms with van der Waals surface area (Å²) in [6.07, 6.45) is 0.564. The van der Waals surface area contributed by atoms with Crippen LogP contribution in [0.5, 0.6) is 5.75 Å². The molecule has 6 nitrogen and oxygen atoms in total. The largest absolute Gasteiger partial charge is 0.497 e. The van der Waals surface area contributed by atoms with Gasteiger partial charge in [-0.3, -0.25) is 4.79 Å². The highest BCUT2D eigenvalue weighted by molar-refractivity contribution is 6.03. The van der Waals surface area contributed by atoms with Gasteiger partial charge in [0.05, 0.1) is 24.4 Å². The molecule has 1 aliphatic rings. The van der Waals surface area contributed by atoms with Gasteiger partial charge in [-0.2, -0.15) is 5.10 Å². The smallest absolute Gasteiger partial charge is 0.338 e. The molecule has 0 unspecified atom stereocenters. The molecule has 0 saturated heterocycles. The number of methoxy groups -OCH3 is 1. The Hall–Kier alpha value is -3.93. The Morgan fingerprint density at radius 2 is 1.58 bits per heavy atom. The molecule has 156 valence electrons. The lowest BCUT2D eigenvalue weighted by Gasteiger charge is -2.22. The molecular weight excluding hydrogens is 392 g/mol. The van der Waals surface area contributed by atoms with Gasteiger partial charge in [-0.25, -0.2) is 9.80 Å². The third kappa shape index (κ3) is 4.64. The molecule has 0 bridgehead atoms. The second kappa shape index (κ2) is 9.26. The maximum atomic E-state index is 13.0. The SMILES string of the molecule is COc1ccc([C@H]2CC(c3ccccc3)=NN2C(=O)COC(=O)c2ccccc2)cc1. The Balaban J connectivity index is 1.54. The summed E-state index contributed by atoms with van der Waals surface area (Å²) in [6.45, 7) is -0.383. The van der Waals surface area contributed by atoms with E-state index in [1.54, 1.807) is 31.4 Å². The van der Waals surface area contributed by atoms with E-state index in [9.17, 15) is 9.59 Å². The van der Waals surface area contributed by atoms with Crippen LogP contribution >= 0.6 is 0 Å². The lowest BCUT2D eigenvalue weighted by Crippen LogP contribution is -2.31. The Kier molecular flexibility index (Phi) is 6.08. The van der Waals surface area contributed by atoms with Gasteiger partial charge in [0.15, 0.2) is 6.61 Å². The highest BCUT2D eigenvalue weighted by Crippen LogP contribution is 2.33. The van der Waals surface area contributed by atoms with Gasteiger partial charge in [-0.05, 0) is 35.4 Å². The lowest BCUT2D eigenvalue weighted by molar-refractivity contribution is -0.136. The zero-order valence-electron chi connectivity index (χ0n) is 17.1. The summed E-state index contributed by atoms with van der Waals surface area (Å²) in [4.78, 5) is 25.2. The van der Waals surface area contributed by atoms with Crippen molar-refractivity contribution in [1.82, 2.24) is 5.01 Å². The summed E-state index contributed by atoms with van der Waals surface area (Å²) in [5.74, 6) is -0.182. The first-order valence-corrected chi connectivity index (χ1v) is 9.97. The fourth-order valence-electron chi connectivity index (χ4n) is 3.48. The minimum Gasteiger partial charge on any atom is -0.497 e. The quantitative estimate of drug-likeness (QED) is 0.566. The average molecular weight is 414 g/mol. The van der Waals surface area contributed by atoms with Crippen molar-refractivity contribution in [3.05, 3.63) is 102 Å². The molecule has 0 radical (unpaired) electrons. The summed E-state index contributed by atoms with van der Waals surface area (Å²) < 4.78 is 10.5. The van der Waals surface area contributed by atoms with E-state index >= 15 is 0 Å². The van der Waals surface area contributed by atoms with Crippen molar-refractivity contribution in [2.24, 2.45) is 5.10 Å². The van der Waals surface area contributed by atoms with E-state index in [0.29, 0.717) is 12.0 Å². The van der Waals surface area contributed by atoms with Crippen molar-refractivity contribution < 1.29 is 19.1 Å². The van der Waals surface area contributed by atoms with Gasteiger partial charge in [0.25, 0.3) is 5.91 Å². The number of esters is 1.